The van der Waals surface area contributed by atoms with E-state index in [9.17, 15) is 10.1 Å². The summed E-state index contributed by atoms with van der Waals surface area (Å²) in [4.78, 5) is 13.8. The number of nitriles is 1. The Kier molecular flexibility index (Phi) is 6.32. The van der Waals surface area contributed by atoms with Gasteiger partial charge in [0, 0.05) is 26.2 Å². The normalized spacial score (nSPS) is 10.7. The van der Waals surface area contributed by atoms with Gasteiger partial charge >= 0.3 is 0 Å². The highest BCUT2D eigenvalue weighted by molar-refractivity contribution is 7.10. The highest BCUT2D eigenvalue weighted by Crippen LogP contribution is 2.34. The van der Waals surface area contributed by atoms with E-state index in [0.717, 1.165) is 23.8 Å². The van der Waals surface area contributed by atoms with E-state index in [0.29, 0.717) is 27.6 Å². The summed E-state index contributed by atoms with van der Waals surface area (Å²) in [6.45, 7) is 3.93. The fourth-order valence-electron chi connectivity index (χ4n) is 2.74. The molecule has 1 N–H and O–H groups in total. The van der Waals surface area contributed by atoms with Gasteiger partial charge in [-0.15, -0.1) is 10.2 Å². The minimum absolute atomic E-state index is 0.198. The topological polar surface area (TPSA) is 93.7 Å². The summed E-state index contributed by atoms with van der Waals surface area (Å²) < 4.78 is 4.14. The molecule has 3 rings (SSSR count). The van der Waals surface area contributed by atoms with E-state index in [1.54, 1.807) is 13.0 Å². The van der Waals surface area contributed by atoms with Gasteiger partial charge in [0.1, 0.15) is 17.3 Å². The van der Waals surface area contributed by atoms with Gasteiger partial charge in [0.25, 0.3) is 0 Å². The second-order valence-corrected chi connectivity index (χ2v) is 7.24. The van der Waals surface area contributed by atoms with Crippen LogP contribution < -0.4 is 10.2 Å². The number of hydrogen-bond acceptors (Lipinski definition) is 7. The number of rotatable bonds is 6. The van der Waals surface area contributed by atoms with Gasteiger partial charge < -0.3 is 10.2 Å². The molecular formula is C21H20N6OS. The lowest BCUT2D eigenvalue weighted by Crippen LogP contribution is -2.16. The molecule has 0 spiro atoms. The predicted octanol–water partition coefficient (Wildman–Crippen LogP) is 5.33. The summed E-state index contributed by atoms with van der Waals surface area (Å²) in [7, 11) is 1.99. The number of aromatic nitrogens is 1. The Labute approximate surface area is 173 Å². The molecule has 1 heterocycles. The molecule has 3 aromatic rings. The first kappa shape index (κ1) is 20.2. The smallest absolute Gasteiger partial charge is 0.221 e. The Bertz CT molecular complexity index is 1080. The van der Waals surface area contributed by atoms with Crippen LogP contribution in [0.1, 0.15) is 23.7 Å². The van der Waals surface area contributed by atoms with Crippen LogP contribution in [0.4, 0.5) is 22.1 Å². The number of aryl methyl sites for hydroxylation is 1. The number of nitrogens with zero attached hydrogens (tertiary/aromatic N) is 5. The van der Waals surface area contributed by atoms with E-state index in [-0.39, 0.29) is 5.91 Å². The summed E-state index contributed by atoms with van der Waals surface area (Å²) in [6.07, 6.45) is 0. The fraction of sp³-hybridized carbons (Fsp3) is 0.190. The number of hydrogen-bond donors (Lipinski definition) is 1. The number of nitrogens with one attached hydrogen (secondary N) is 1. The molecule has 0 saturated heterocycles. The first-order chi connectivity index (χ1) is 14.0. The summed E-state index contributed by atoms with van der Waals surface area (Å²) in [5, 5.41) is 20.9. The molecule has 0 aliphatic rings. The molecule has 2 aromatic carbocycles. The van der Waals surface area contributed by atoms with Crippen molar-refractivity contribution in [3.63, 3.8) is 0 Å². The van der Waals surface area contributed by atoms with E-state index in [1.165, 1.54) is 12.5 Å². The van der Waals surface area contributed by atoms with E-state index < -0.39 is 0 Å². The first-order valence-electron chi connectivity index (χ1n) is 8.92. The molecule has 29 heavy (non-hydrogen) atoms. The van der Waals surface area contributed by atoms with Gasteiger partial charge in [0.15, 0.2) is 5.00 Å². The summed E-state index contributed by atoms with van der Waals surface area (Å²) in [6, 6.07) is 17.8. The van der Waals surface area contributed by atoms with Crippen LogP contribution in [-0.2, 0) is 11.3 Å². The molecule has 0 unspecified atom stereocenters. The lowest BCUT2D eigenvalue weighted by atomic mass is 10.2. The Morgan fingerprint density at radius 2 is 2.00 bits per heavy atom. The number of carbonyl (C=O) groups excluding carboxylic acids is 1. The Hall–Kier alpha value is -3.57. The Morgan fingerprint density at radius 3 is 2.69 bits per heavy atom. The van der Waals surface area contributed by atoms with Gasteiger partial charge in [0.05, 0.1) is 11.4 Å². The molecular weight excluding hydrogens is 384 g/mol. The first-order valence-corrected chi connectivity index (χ1v) is 9.70. The zero-order valence-electron chi connectivity index (χ0n) is 16.4. The maximum absolute atomic E-state index is 11.7. The SMILES string of the molecule is CC(=O)Nc1cc(N(C)Cc2ccccc2)ccc1N=Nc1snc(C)c1C#N. The molecule has 0 bridgehead atoms. The summed E-state index contributed by atoms with van der Waals surface area (Å²) in [5.41, 5.74) is 4.23. The van der Waals surface area contributed by atoms with Gasteiger partial charge in [0.2, 0.25) is 5.91 Å². The van der Waals surface area contributed by atoms with E-state index in [1.807, 2.05) is 37.4 Å². The molecule has 7 nitrogen and oxygen atoms in total. The maximum atomic E-state index is 11.7. The van der Waals surface area contributed by atoms with Crippen molar-refractivity contribution < 1.29 is 4.79 Å². The van der Waals surface area contributed by atoms with Crippen LogP contribution in [0.5, 0.6) is 0 Å². The number of benzene rings is 2. The predicted molar refractivity (Wildman–Crippen MR) is 115 cm³/mol. The standard InChI is InChI=1S/C21H20N6OS/c1-14-18(12-22)21(29-26-14)25-24-19-10-9-17(11-20(19)23-15(2)28)27(3)13-16-7-5-4-6-8-16/h4-11H,13H2,1-3H3,(H,23,28). The van der Waals surface area contributed by atoms with Crippen molar-refractivity contribution in [2.75, 3.05) is 17.3 Å². The number of amides is 1. The largest absolute Gasteiger partial charge is 0.370 e. The van der Waals surface area contributed by atoms with Gasteiger partial charge in [-0.05, 0) is 42.2 Å². The average molecular weight is 404 g/mol. The second-order valence-electron chi connectivity index (χ2n) is 6.48. The van der Waals surface area contributed by atoms with Crippen molar-refractivity contribution in [2.45, 2.75) is 20.4 Å². The monoisotopic (exact) mass is 404 g/mol. The number of carbonyl (C=O) groups is 1. The van der Waals surface area contributed by atoms with E-state index >= 15 is 0 Å². The molecule has 8 heteroatoms. The summed E-state index contributed by atoms with van der Waals surface area (Å²) >= 11 is 1.12. The third-order valence-corrected chi connectivity index (χ3v) is 5.02. The third-order valence-electron chi connectivity index (χ3n) is 4.20. The van der Waals surface area contributed by atoms with Crippen LogP contribution in [-0.4, -0.2) is 17.3 Å². The number of anilines is 2. The van der Waals surface area contributed by atoms with Crippen molar-refractivity contribution >= 4 is 39.5 Å². The summed E-state index contributed by atoms with van der Waals surface area (Å²) in [5.74, 6) is -0.198. The molecule has 0 radical (unpaired) electrons. The lowest BCUT2D eigenvalue weighted by molar-refractivity contribution is -0.114. The van der Waals surface area contributed by atoms with Crippen LogP contribution >= 0.6 is 11.5 Å². The quantitative estimate of drug-likeness (QED) is 0.562. The minimum Gasteiger partial charge on any atom is -0.370 e. The van der Waals surface area contributed by atoms with Crippen molar-refractivity contribution in [1.82, 2.24) is 4.37 Å². The van der Waals surface area contributed by atoms with Crippen molar-refractivity contribution in [2.24, 2.45) is 10.2 Å². The highest BCUT2D eigenvalue weighted by atomic mass is 32.1. The highest BCUT2D eigenvalue weighted by Gasteiger charge is 2.12. The fourth-order valence-corrected chi connectivity index (χ4v) is 3.42. The van der Waals surface area contributed by atoms with Crippen LogP contribution in [0.3, 0.4) is 0 Å². The van der Waals surface area contributed by atoms with Crippen LogP contribution in [0.25, 0.3) is 0 Å². The zero-order valence-corrected chi connectivity index (χ0v) is 17.2. The lowest BCUT2D eigenvalue weighted by Gasteiger charge is -2.21. The van der Waals surface area contributed by atoms with Crippen molar-refractivity contribution in [3.8, 4) is 6.07 Å². The van der Waals surface area contributed by atoms with E-state index in [2.05, 4.69) is 43.0 Å². The van der Waals surface area contributed by atoms with Crippen LogP contribution in [0, 0.1) is 18.3 Å². The Balaban J connectivity index is 1.88. The van der Waals surface area contributed by atoms with Gasteiger partial charge in [-0.3, -0.25) is 4.79 Å². The molecule has 0 saturated carbocycles. The van der Waals surface area contributed by atoms with Gasteiger partial charge in [-0.2, -0.15) is 9.64 Å². The minimum atomic E-state index is -0.198. The maximum Gasteiger partial charge on any atom is 0.221 e. The third kappa shape index (κ3) is 5.03. The van der Waals surface area contributed by atoms with Crippen molar-refractivity contribution in [1.29, 1.82) is 5.26 Å². The van der Waals surface area contributed by atoms with E-state index in [4.69, 9.17) is 0 Å². The molecule has 146 valence electrons. The van der Waals surface area contributed by atoms with Crippen LogP contribution in [0.15, 0.2) is 58.8 Å². The molecule has 0 atom stereocenters. The average Bonchev–Trinajstić information content (AvgIpc) is 3.06. The van der Waals surface area contributed by atoms with Gasteiger partial charge in [-0.25, -0.2) is 0 Å². The van der Waals surface area contributed by atoms with Crippen LogP contribution in [0.2, 0.25) is 0 Å². The molecule has 1 aromatic heterocycles. The molecule has 0 fully saturated rings. The molecule has 0 aliphatic heterocycles. The second kappa shape index (κ2) is 9.08. The number of azo groups is 1. The molecule has 0 aliphatic carbocycles. The Morgan fingerprint density at radius 1 is 1.24 bits per heavy atom. The molecule has 1 amide bonds. The zero-order chi connectivity index (χ0) is 20.8. The van der Waals surface area contributed by atoms with Gasteiger partial charge in [-0.1, -0.05) is 30.3 Å². The van der Waals surface area contributed by atoms with Crippen molar-refractivity contribution in [3.05, 3.63) is 65.4 Å².